The first-order valence-corrected chi connectivity index (χ1v) is 11.8. The zero-order valence-corrected chi connectivity index (χ0v) is 21.4. The number of amides is 1. The van der Waals surface area contributed by atoms with E-state index in [0.29, 0.717) is 10.6 Å². The third-order valence-corrected chi connectivity index (χ3v) is 6.36. The van der Waals surface area contributed by atoms with Crippen molar-refractivity contribution in [3.05, 3.63) is 92.2 Å². The minimum Gasteiger partial charge on any atom is -0.324 e. The number of benzene rings is 3. The van der Waals surface area contributed by atoms with Crippen molar-refractivity contribution in [3.8, 4) is 17.1 Å². The maximum Gasteiger partial charge on any atom is 0.246 e. The van der Waals surface area contributed by atoms with Crippen molar-refractivity contribution in [1.29, 1.82) is 0 Å². The molecular weight excluding hydrogens is 496 g/mol. The zero-order chi connectivity index (χ0) is 23.7. The van der Waals surface area contributed by atoms with E-state index in [1.165, 1.54) is 5.56 Å². The van der Waals surface area contributed by atoms with Gasteiger partial charge in [-0.1, -0.05) is 57.9 Å². The van der Waals surface area contributed by atoms with Crippen LogP contribution in [0.2, 0.25) is 0 Å². The molecule has 3 aromatic carbocycles. The van der Waals surface area contributed by atoms with Crippen LogP contribution >= 0.6 is 28.1 Å². The minimum absolute atomic E-state index is 0.0218. The molecule has 5 nitrogen and oxygen atoms in total. The molecule has 1 amide bonds. The molecule has 1 aromatic heterocycles. The standard InChI is InChI=1S/C26H25BrN4OS/c1-16-6-5-7-22(14-16)31-25(20-8-10-21(27)11-9-20)29-30(26(31)33)15-23(32)28-24-18(3)12-17(2)13-19(24)4/h5-14H,15H2,1-4H3,(H,28,32). The summed E-state index contributed by atoms with van der Waals surface area (Å²) in [5.41, 5.74) is 7.01. The number of nitrogens with one attached hydrogen (secondary N) is 1. The lowest BCUT2D eigenvalue weighted by molar-refractivity contribution is -0.116. The summed E-state index contributed by atoms with van der Waals surface area (Å²) in [4.78, 5) is 13.0. The summed E-state index contributed by atoms with van der Waals surface area (Å²) in [6.07, 6.45) is 0. The van der Waals surface area contributed by atoms with Gasteiger partial charge in [-0.2, -0.15) is 5.10 Å². The van der Waals surface area contributed by atoms with Crippen molar-refractivity contribution >= 4 is 39.7 Å². The summed E-state index contributed by atoms with van der Waals surface area (Å²) in [6.45, 7) is 8.11. The fourth-order valence-corrected chi connectivity index (χ4v) is 4.55. The van der Waals surface area contributed by atoms with E-state index in [-0.39, 0.29) is 12.5 Å². The zero-order valence-electron chi connectivity index (χ0n) is 19.0. The molecule has 7 heteroatoms. The van der Waals surface area contributed by atoms with Crippen LogP contribution < -0.4 is 5.32 Å². The molecule has 4 aromatic rings. The molecule has 0 radical (unpaired) electrons. The molecular formula is C26H25BrN4OS. The summed E-state index contributed by atoms with van der Waals surface area (Å²) in [6, 6.07) is 20.1. The molecule has 0 bridgehead atoms. The van der Waals surface area contributed by atoms with E-state index < -0.39 is 0 Å². The molecule has 0 saturated heterocycles. The average molecular weight is 521 g/mol. The number of carbonyl (C=O) groups excluding carboxylic acids is 1. The van der Waals surface area contributed by atoms with Crippen molar-refractivity contribution in [2.24, 2.45) is 0 Å². The predicted molar refractivity (Wildman–Crippen MR) is 140 cm³/mol. The van der Waals surface area contributed by atoms with Crippen LogP contribution in [0.3, 0.4) is 0 Å². The maximum absolute atomic E-state index is 13.0. The molecule has 0 aliphatic rings. The second-order valence-corrected chi connectivity index (χ2v) is 9.55. The van der Waals surface area contributed by atoms with Gasteiger partial charge in [-0.3, -0.25) is 9.36 Å². The maximum atomic E-state index is 13.0. The second kappa shape index (κ2) is 9.45. The first kappa shape index (κ1) is 23.1. The van der Waals surface area contributed by atoms with Crippen LogP contribution in [-0.4, -0.2) is 20.3 Å². The number of aryl methyl sites for hydroxylation is 4. The smallest absolute Gasteiger partial charge is 0.246 e. The highest BCUT2D eigenvalue weighted by atomic mass is 79.9. The molecule has 0 unspecified atom stereocenters. The number of halogens is 1. The number of hydrogen-bond donors (Lipinski definition) is 1. The van der Waals surface area contributed by atoms with Crippen molar-refractivity contribution in [1.82, 2.24) is 14.3 Å². The monoisotopic (exact) mass is 520 g/mol. The van der Waals surface area contributed by atoms with Crippen LogP contribution in [-0.2, 0) is 11.3 Å². The van der Waals surface area contributed by atoms with Crippen LogP contribution in [0.1, 0.15) is 22.3 Å². The summed E-state index contributed by atoms with van der Waals surface area (Å²) in [5.74, 6) is 0.519. The Kier molecular flexibility index (Phi) is 6.63. The summed E-state index contributed by atoms with van der Waals surface area (Å²) >= 11 is 9.27. The van der Waals surface area contributed by atoms with Crippen LogP contribution in [0.4, 0.5) is 5.69 Å². The summed E-state index contributed by atoms with van der Waals surface area (Å²) in [5, 5.41) is 7.80. The molecule has 4 rings (SSSR count). The van der Waals surface area contributed by atoms with Gasteiger partial charge in [-0.25, -0.2) is 4.68 Å². The van der Waals surface area contributed by atoms with Gasteiger partial charge in [0, 0.05) is 15.7 Å². The number of nitrogens with zero attached hydrogens (tertiary/aromatic N) is 3. The molecule has 0 saturated carbocycles. The van der Waals surface area contributed by atoms with E-state index in [0.717, 1.165) is 38.1 Å². The molecule has 0 aliphatic carbocycles. The fourth-order valence-electron chi connectivity index (χ4n) is 3.99. The molecule has 0 aliphatic heterocycles. The van der Waals surface area contributed by atoms with Gasteiger partial charge in [0.05, 0.1) is 5.69 Å². The van der Waals surface area contributed by atoms with Gasteiger partial charge in [-0.15, -0.1) is 0 Å². The fraction of sp³-hybridized carbons (Fsp3) is 0.192. The van der Waals surface area contributed by atoms with E-state index in [1.807, 2.05) is 74.7 Å². The first-order chi connectivity index (χ1) is 15.7. The van der Waals surface area contributed by atoms with Crippen molar-refractivity contribution in [2.45, 2.75) is 34.2 Å². The number of anilines is 1. The average Bonchev–Trinajstić information content (AvgIpc) is 3.07. The lowest BCUT2D eigenvalue weighted by atomic mass is 10.1. The topological polar surface area (TPSA) is 51.9 Å². The Morgan fingerprint density at radius 1 is 0.970 bits per heavy atom. The van der Waals surface area contributed by atoms with E-state index in [4.69, 9.17) is 17.3 Å². The first-order valence-electron chi connectivity index (χ1n) is 10.6. The summed E-state index contributed by atoms with van der Waals surface area (Å²) < 4.78 is 4.95. The Hall–Kier alpha value is -3.03. The van der Waals surface area contributed by atoms with Crippen LogP contribution in [0.15, 0.2) is 65.1 Å². The molecule has 1 heterocycles. The lowest BCUT2D eigenvalue weighted by Crippen LogP contribution is -2.21. The Labute approximate surface area is 207 Å². The molecule has 0 fully saturated rings. The van der Waals surface area contributed by atoms with Crippen LogP contribution in [0.5, 0.6) is 0 Å². The highest BCUT2D eigenvalue weighted by molar-refractivity contribution is 9.10. The van der Waals surface area contributed by atoms with Gasteiger partial charge >= 0.3 is 0 Å². The van der Waals surface area contributed by atoms with Crippen molar-refractivity contribution in [3.63, 3.8) is 0 Å². The van der Waals surface area contributed by atoms with Gasteiger partial charge in [0.1, 0.15) is 6.54 Å². The molecule has 168 valence electrons. The Morgan fingerprint density at radius 3 is 2.27 bits per heavy atom. The van der Waals surface area contributed by atoms with Gasteiger partial charge < -0.3 is 5.32 Å². The highest BCUT2D eigenvalue weighted by Crippen LogP contribution is 2.26. The summed E-state index contributed by atoms with van der Waals surface area (Å²) in [7, 11) is 0. The third kappa shape index (κ3) is 4.99. The van der Waals surface area contributed by atoms with E-state index >= 15 is 0 Å². The number of aromatic nitrogens is 3. The van der Waals surface area contributed by atoms with Gasteiger partial charge in [0.2, 0.25) is 10.7 Å². The van der Waals surface area contributed by atoms with Crippen LogP contribution in [0, 0.1) is 32.5 Å². The number of hydrogen-bond acceptors (Lipinski definition) is 3. The van der Waals surface area contributed by atoms with E-state index in [1.54, 1.807) is 4.68 Å². The molecule has 1 N–H and O–H groups in total. The quantitative estimate of drug-likeness (QED) is 0.297. The lowest BCUT2D eigenvalue weighted by Gasteiger charge is -2.12. The van der Waals surface area contributed by atoms with Gasteiger partial charge in [0.25, 0.3) is 0 Å². The van der Waals surface area contributed by atoms with Crippen molar-refractivity contribution in [2.75, 3.05) is 5.32 Å². The normalized spacial score (nSPS) is 10.9. The predicted octanol–water partition coefficient (Wildman–Crippen LogP) is 6.71. The SMILES string of the molecule is Cc1cccc(-n2c(-c3ccc(Br)cc3)nn(CC(=O)Nc3c(C)cc(C)cc3C)c2=S)c1. The van der Waals surface area contributed by atoms with Gasteiger partial charge in [-0.05, 0) is 80.9 Å². The van der Waals surface area contributed by atoms with Gasteiger partial charge in [0.15, 0.2) is 5.82 Å². The Morgan fingerprint density at radius 2 is 1.64 bits per heavy atom. The third-order valence-electron chi connectivity index (χ3n) is 5.44. The molecule has 0 spiro atoms. The molecule has 33 heavy (non-hydrogen) atoms. The van der Waals surface area contributed by atoms with Crippen molar-refractivity contribution < 1.29 is 4.79 Å². The number of rotatable bonds is 5. The second-order valence-electron chi connectivity index (χ2n) is 8.27. The Balaban J connectivity index is 1.74. The van der Waals surface area contributed by atoms with E-state index in [2.05, 4.69) is 39.4 Å². The molecule has 0 atom stereocenters. The number of carbonyl (C=O) groups is 1. The largest absolute Gasteiger partial charge is 0.324 e. The minimum atomic E-state index is -0.169. The van der Waals surface area contributed by atoms with E-state index in [9.17, 15) is 4.79 Å². The van der Waals surface area contributed by atoms with Crippen LogP contribution in [0.25, 0.3) is 17.1 Å². The highest BCUT2D eigenvalue weighted by Gasteiger charge is 2.17. The Bertz CT molecular complexity index is 1380.